The molecular formula is C8H16N2O4S. The number of Topliss-reactive ketones (excluding diaryl/α,β-unsaturated/α-hetero) is 2. The minimum Gasteiger partial charge on any atom is -0.384 e. The molecule has 6 nitrogen and oxygen atoms in total. The first-order valence-electron chi connectivity index (χ1n) is 4.42. The Labute approximate surface area is 92.0 Å². The van der Waals surface area contributed by atoms with Gasteiger partial charge in [-0.2, -0.15) is 0 Å². The molecule has 0 amide bonds. The van der Waals surface area contributed by atoms with Crippen molar-refractivity contribution in [2.75, 3.05) is 24.6 Å². The molecule has 6 N–H and O–H groups in total. The molecule has 0 aromatic heterocycles. The molecule has 0 heterocycles. The number of aliphatic hydroxyl groups excluding tert-OH is 2. The molecule has 0 aliphatic rings. The molecule has 0 fully saturated rings. The van der Waals surface area contributed by atoms with Crippen LogP contribution in [0.1, 0.15) is 0 Å². The summed E-state index contributed by atoms with van der Waals surface area (Å²) >= 11 is 1.03. The Bertz CT molecular complexity index is 203. The van der Waals surface area contributed by atoms with Crippen molar-refractivity contribution in [2.24, 2.45) is 11.5 Å². The molecule has 0 saturated carbocycles. The number of hydrogen-bond donors (Lipinski definition) is 4. The van der Waals surface area contributed by atoms with Crippen molar-refractivity contribution in [3.05, 3.63) is 0 Å². The lowest BCUT2D eigenvalue weighted by atomic mass is 10.2. The summed E-state index contributed by atoms with van der Waals surface area (Å²) in [4.78, 5) is 22.1. The highest BCUT2D eigenvalue weighted by Crippen LogP contribution is 2.03. The van der Waals surface area contributed by atoms with Gasteiger partial charge >= 0.3 is 0 Å². The number of hydrogen-bond acceptors (Lipinski definition) is 7. The van der Waals surface area contributed by atoms with Gasteiger partial charge in [0.05, 0.1) is 11.5 Å². The fourth-order valence-corrected chi connectivity index (χ4v) is 1.60. The lowest BCUT2D eigenvalue weighted by Gasteiger charge is -2.07. The summed E-state index contributed by atoms with van der Waals surface area (Å²) in [6, 6.07) is 0. The highest BCUT2D eigenvalue weighted by Gasteiger charge is 2.16. The van der Waals surface area contributed by atoms with Gasteiger partial charge in [0, 0.05) is 13.1 Å². The molecule has 15 heavy (non-hydrogen) atoms. The van der Waals surface area contributed by atoms with Gasteiger partial charge in [0.15, 0.2) is 11.6 Å². The van der Waals surface area contributed by atoms with E-state index in [0.717, 1.165) is 11.8 Å². The zero-order valence-electron chi connectivity index (χ0n) is 8.26. The zero-order valence-corrected chi connectivity index (χ0v) is 9.07. The molecule has 0 aliphatic heterocycles. The topological polar surface area (TPSA) is 127 Å². The van der Waals surface area contributed by atoms with Gasteiger partial charge in [-0.1, -0.05) is 0 Å². The predicted octanol–water partition coefficient (Wildman–Crippen LogP) is -2.50. The second-order valence-electron chi connectivity index (χ2n) is 2.93. The Morgan fingerprint density at radius 2 is 1.33 bits per heavy atom. The lowest BCUT2D eigenvalue weighted by molar-refractivity contribution is -0.124. The molecule has 2 atom stereocenters. The second-order valence-corrected chi connectivity index (χ2v) is 3.91. The summed E-state index contributed by atoms with van der Waals surface area (Å²) in [6.07, 6.45) is -2.35. The van der Waals surface area contributed by atoms with Crippen LogP contribution in [-0.2, 0) is 9.59 Å². The summed E-state index contributed by atoms with van der Waals surface area (Å²) in [5.74, 6) is -0.835. The fraction of sp³-hybridized carbons (Fsp3) is 0.750. The summed E-state index contributed by atoms with van der Waals surface area (Å²) in [5.41, 5.74) is 10.1. The van der Waals surface area contributed by atoms with Crippen LogP contribution in [-0.4, -0.2) is 58.6 Å². The molecule has 0 aromatic carbocycles. The first kappa shape index (κ1) is 14.5. The Kier molecular flexibility index (Phi) is 7.53. The molecule has 0 spiro atoms. The van der Waals surface area contributed by atoms with Crippen molar-refractivity contribution in [1.29, 1.82) is 0 Å². The van der Waals surface area contributed by atoms with E-state index in [4.69, 9.17) is 21.7 Å². The first-order valence-corrected chi connectivity index (χ1v) is 5.57. The Morgan fingerprint density at radius 1 is 1.00 bits per heavy atom. The maximum Gasteiger partial charge on any atom is 0.172 e. The van der Waals surface area contributed by atoms with E-state index in [1.165, 1.54) is 0 Å². The van der Waals surface area contributed by atoms with Gasteiger partial charge in [0.2, 0.25) is 0 Å². The maximum atomic E-state index is 11.0. The van der Waals surface area contributed by atoms with Gasteiger partial charge < -0.3 is 21.7 Å². The van der Waals surface area contributed by atoms with Gasteiger partial charge in [-0.25, -0.2) is 0 Å². The van der Waals surface area contributed by atoms with E-state index >= 15 is 0 Å². The van der Waals surface area contributed by atoms with E-state index in [0.29, 0.717) is 0 Å². The number of aliphatic hydroxyl groups is 2. The minimum atomic E-state index is -1.17. The molecule has 7 heteroatoms. The van der Waals surface area contributed by atoms with Gasteiger partial charge in [-0.15, -0.1) is 11.8 Å². The standard InChI is InChI=1S/C8H16N2O4S/c9-1-5(11)7(13)3-15-4-8(14)6(12)2-10/h5-6,11-12H,1-4,9-10H2. The number of thioether (sulfide) groups is 1. The third kappa shape index (κ3) is 5.85. The molecular weight excluding hydrogens is 220 g/mol. The van der Waals surface area contributed by atoms with E-state index < -0.39 is 23.8 Å². The zero-order chi connectivity index (χ0) is 11.8. The van der Waals surface area contributed by atoms with Crippen molar-refractivity contribution < 1.29 is 19.8 Å². The number of carbonyl (C=O) groups excluding carboxylic acids is 2. The van der Waals surface area contributed by atoms with Gasteiger partial charge in [0.1, 0.15) is 12.2 Å². The third-order valence-electron chi connectivity index (χ3n) is 1.68. The van der Waals surface area contributed by atoms with Gasteiger partial charge in [-0.3, -0.25) is 9.59 Å². The summed E-state index contributed by atoms with van der Waals surface area (Å²) in [5, 5.41) is 18.0. The Balaban J connectivity index is 3.70. The van der Waals surface area contributed by atoms with Crippen molar-refractivity contribution in [3.8, 4) is 0 Å². The largest absolute Gasteiger partial charge is 0.384 e. The fourth-order valence-electron chi connectivity index (χ4n) is 0.707. The minimum absolute atomic E-state index is 0.00139. The number of nitrogens with two attached hydrogens (primary N) is 2. The van der Waals surface area contributed by atoms with E-state index in [1.807, 2.05) is 0 Å². The third-order valence-corrected chi connectivity index (χ3v) is 2.66. The van der Waals surface area contributed by atoms with Crippen LogP contribution in [0.5, 0.6) is 0 Å². The van der Waals surface area contributed by atoms with Crippen LogP contribution >= 0.6 is 11.8 Å². The van der Waals surface area contributed by atoms with E-state index in [1.54, 1.807) is 0 Å². The lowest BCUT2D eigenvalue weighted by Crippen LogP contribution is -2.32. The molecule has 0 saturated heterocycles. The van der Waals surface area contributed by atoms with Crippen molar-refractivity contribution in [1.82, 2.24) is 0 Å². The first-order chi connectivity index (χ1) is 7.02. The van der Waals surface area contributed by atoms with E-state index in [9.17, 15) is 9.59 Å². The van der Waals surface area contributed by atoms with Crippen LogP contribution < -0.4 is 11.5 Å². The van der Waals surface area contributed by atoms with E-state index in [-0.39, 0.29) is 24.6 Å². The van der Waals surface area contributed by atoms with Gasteiger partial charge in [0.25, 0.3) is 0 Å². The van der Waals surface area contributed by atoms with Crippen LogP contribution in [0, 0.1) is 0 Å². The quantitative estimate of drug-likeness (QED) is 0.367. The molecule has 2 unspecified atom stereocenters. The molecule has 0 aliphatic carbocycles. The van der Waals surface area contributed by atoms with Crippen molar-refractivity contribution >= 4 is 23.3 Å². The molecule has 0 rings (SSSR count). The van der Waals surface area contributed by atoms with Gasteiger partial charge in [-0.05, 0) is 0 Å². The van der Waals surface area contributed by atoms with Crippen molar-refractivity contribution in [2.45, 2.75) is 12.2 Å². The molecule has 0 bridgehead atoms. The Hall–Kier alpha value is -0.470. The maximum absolute atomic E-state index is 11.0. The number of carbonyl (C=O) groups is 2. The highest BCUT2D eigenvalue weighted by molar-refractivity contribution is 8.00. The SMILES string of the molecule is NCC(O)C(=O)CSCC(=O)C(O)CN. The summed E-state index contributed by atoms with van der Waals surface area (Å²) < 4.78 is 0. The van der Waals surface area contributed by atoms with E-state index in [2.05, 4.69) is 0 Å². The van der Waals surface area contributed by atoms with Crippen LogP contribution in [0.15, 0.2) is 0 Å². The number of ketones is 2. The monoisotopic (exact) mass is 236 g/mol. The average Bonchev–Trinajstić information content (AvgIpc) is 2.26. The number of rotatable bonds is 8. The highest BCUT2D eigenvalue weighted by atomic mass is 32.2. The smallest absolute Gasteiger partial charge is 0.172 e. The van der Waals surface area contributed by atoms with Crippen LogP contribution in [0.2, 0.25) is 0 Å². The molecule has 0 aromatic rings. The normalized spacial score (nSPS) is 14.7. The summed E-state index contributed by atoms with van der Waals surface area (Å²) in [6.45, 7) is -0.252. The van der Waals surface area contributed by atoms with Crippen LogP contribution in [0.4, 0.5) is 0 Å². The average molecular weight is 236 g/mol. The predicted molar refractivity (Wildman–Crippen MR) is 57.5 cm³/mol. The molecule has 0 radical (unpaired) electrons. The van der Waals surface area contributed by atoms with Crippen molar-refractivity contribution in [3.63, 3.8) is 0 Å². The Morgan fingerprint density at radius 3 is 1.60 bits per heavy atom. The van der Waals surface area contributed by atoms with Crippen LogP contribution in [0.25, 0.3) is 0 Å². The summed E-state index contributed by atoms with van der Waals surface area (Å²) in [7, 11) is 0. The molecule has 88 valence electrons. The van der Waals surface area contributed by atoms with Crippen LogP contribution in [0.3, 0.4) is 0 Å². The second kappa shape index (κ2) is 7.77.